The van der Waals surface area contributed by atoms with E-state index < -0.39 is 12.0 Å². The average molecular weight is 305 g/mol. The number of urea groups is 1. The fourth-order valence-corrected chi connectivity index (χ4v) is 1.80. The summed E-state index contributed by atoms with van der Waals surface area (Å²) >= 11 is 12.0. The molecule has 0 aliphatic heterocycles. The number of hydrogen-bond acceptors (Lipinski definition) is 2. The van der Waals surface area contributed by atoms with Gasteiger partial charge in [-0.2, -0.15) is 0 Å². The molecule has 0 bridgehead atoms. The molecule has 0 saturated carbocycles. The number of carboxylic acids is 1. The van der Waals surface area contributed by atoms with Crippen LogP contribution in [0.25, 0.3) is 0 Å². The molecule has 1 aromatic rings. The van der Waals surface area contributed by atoms with E-state index in [1.54, 1.807) is 19.1 Å². The Labute approximate surface area is 121 Å². The molecule has 1 rings (SSSR count). The highest BCUT2D eigenvalue weighted by molar-refractivity contribution is 6.40. The van der Waals surface area contributed by atoms with Gasteiger partial charge in [-0.3, -0.25) is 4.79 Å². The Morgan fingerprint density at radius 1 is 1.37 bits per heavy atom. The minimum absolute atomic E-state index is 0.0994. The van der Waals surface area contributed by atoms with Crippen molar-refractivity contribution in [2.45, 2.75) is 13.3 Å². The lowest BCUT2D eigenvalue weighted by Crippen LogP contribution is -2.33. The predicted molar refractivity (Wildman–Crippen MR) is 75.1 cm³/mol. The van der Waals surface area contributed by atoms with Gasteiger partial charge in [0.15, 0.2) is 0 Å². The molecule has 0 spiro atoms. The lowest BCUT2D eigenvalue weighted by Gasteiger charge is -2.18. The van der Waals surface area contributed by atoms with E-state index in [2.05, 4.69) is 5.32 Å². The molecule has 0 fully saturated rings. The zero-order valence-electron chi connectivity index (χ0n) is 10.5. The Morgan fingerprint density at radius 2 is 2.00 bits per heavy atom. The Bertz CT molecular complexity index is 506. The maximum Gasteiger partial charge on any atom is 0.321 e. The quantitative estimate of drug-likeness (QED) is 0.897. The van der Waals surface area contributed by atoms with Crippen LogP contribution in [-0.2, 0) is 4.79 Å². The number of carbonyl (C=O) groups is 2. The normalized spacial score (nSPS) is 10.1. The number of benzene rings is 1. The largest absolute Gasteiger partial charge is 0.481 e. The molecule has 0 saturated heterocycles. The molecule has 5 nitrogen and oxygen atoms in total. The van der Waals surface area contributed by atoms with Crippen LogP contribution >= 0.6 is 23.2 Å². The van der Waals surface area contributed by atoms with E-state index in [9.17, 15) is 9.59 Å². The number of anilines is 1. The SMILES string of the molecule is Cc1ccc(Cl)c(NC(=O)N(C)CCC(=O)O)c1Cl. The van der Waals surface area contributed by atoms with E-state index in [1.807, 2.05) is 0 Å². The topological polar surface area (TPSA) is 69.6 Å². The second-order valence-electron chi connectivity index (χ2n) is 4.05. The molecule has 0 atom stereocenters. The van der Waals surface area contributed by atoms with Gasteiger partial charge in [-0.15, -0.1) is 0 Å². The Kier molecular flexibility index (Phi) is 5.44. The predicted octanol–water partition coefficient (Wildman–Crippen LogP) is 3.24. The minimum atomic E-state index is -0.966. The molecule has 104 valence electrons. The van der Waals surface area contributed by atoms with Gasteiger partial charge in [-0.05, 0) is 18.6 Å². The summed E-state index contributed by atoms with van der Waals surface area (Å²) in [7, 11) is 1.50. The first-order valence-electron chi connectivity index (χ1n) is 5.51. The van der Waals surface area contributed by atoms with Gasteiger partial charge in [0.1, 0.15) is 0 Å². The number of hydrogen-bond donors (Lipinski definition) is 2. The molecule has 0 aromatic heterocycles. The highest BCUT2D eigenvalue weighted by atomic mass is 35.5. The standard InChI is InChI=1S/C12H14Cl2N2O3/c1-7-3-4-8(13)11(10(7)14)15-12(19)16(2)6-5-9(17)18/h3-4H,5-6H2,1-2H3,(H,15,19)(H,17,18). The van der Waals surface area contributed by atoms with Crippen molar-refractivity contribution in [2.24, 2.45) is 0 Å². The maximum absolute atomic E-state index is 11.8. The summed E-state index contributed by atoms with van der Waals surface area (Å²) in [4.78, 5) is 23.5. The van der Waals surface area contributed by atoms with Crippen molar-refractivity contribution in [1.29, 1.82) is 0 Å². The molecule has 0 aliphatic rings. The average Bonchev–Trinajstić information content (AvgIpc) is 2.36. The van der Waals surface area contributed by atoms with Crippen LogP contribution in [0, 0.1) is 6.92 Å². The summed E-state index contributed by atoms with van der Waals surface area (Å²) in [6.45, 7) is 1.89. The summed E-state index contributed by atoms with van der Waals surface area (Å²) in [5, 5.41) is 11.8. The molecule has 2 amide bonds. The highest BCUT2D eigenvalue weighted by Gasteiger charge is 2.15. The number of nitrogens with one attached hydrogen (secondary N) is 1. The third-order valence-corrected chi connectivity index (χ3v) is 3.33. The van der Waals surface area contributed by atoms with Gasteiger partial charge in [0.25, 0.3) is 0 Å². The zero-order valence-corrected chi connectivity index (χ0v) is 12.0. The number of halogens is 2. The Hall–Kier alpha value is -1.46. The van der Waals surface area contributed by atoms with E-state index in [-0.39, 0.29) is 13.0 Å². The molecule has 2 N–H and O–H groups in total. The maximum atomic E-state index is 11.8. The summed E-state index contributed by atoms with van der Waals surface area (Å²) < 4.78 is 0. The first-order chi connectivity index (χ1) is 8.82. The molecule has 7 heteroatoms. The van der Waals surface area contributed by atoms with E-state index >= 15 is 0 Å². The molecule has 0 radical (unpaired) electrons. The first kappa shape index (κ1) is 15.6. The van der Waals surface area contributed by atoms with Gasteiger partial charge in [0.05, 0.1) is 22.2 Å². The van der Waals surface area contributed by atoms with Crippen molar-refractivity contribution < 1.29 is 14.7 Å². The number of amides is 2. The van der Waals surface area contributed by atoms with Crippen molar-refractivity contribution in [3.05, 3.63) is 27.7 Å². The molecule has 0 unspecified atom stereocenters. The van der Waals surface area contributed by atoms with Gasteiger partial charge < -0.3 is 15.3 Å². The van der Waals surface area contributed by atoms with Crippen LogP contribution in [-0.4, -0.2) is 35.6 Å². The molecule has 0 heterocycles. The number of aliphatic carboxylic acids is 1. The van der Waals surface area contributed by atoms with E-state index in [1.165, 1.54) is 11.9 Å². The highest BCUT2D eigenvalue weighted by Crippen LogP contribution is 2.32. The van der Waals surface area contributed by atoms with Crippen LogP contribution in [0.2, 0.25) is 10.0 Å². The number of nitrogens with zero attached hydrogens (tertiary/aromatic N) is 1. The number of aryl methyl sites for hydroxylation is 1. The number of carboxylic acid groups (broad SMARTS) is 1. The summed E-state index contributed by atoms with van der Waals surface area (Å²) in [5.41, 5.74) is 1.12. The summed E-state index contributed by atoms with van der Waals surface area (Å²) in [6, 6.07) is 2.92. The summed E-state index contributed by atoms with van der Waals surface area (Å²) in [6.07, 6.45) is -0.126. The van der Waals surface area contributed by atoms with Crippen molar-refractivity contribution in [1.82, 2.24) is 4.90 Å². The van der Waals surface area contributed by atoms with Crippen LogP contribution in [0.4, 0.5) is 10.5 Å². The first-order valence-corrected chi connectivity index (χ1v) is 6.27. The second kappa shape index (κ2) is 6.63. The van der Waals surface area contributed by atoms with E-state index in [0.29, 0.717) is 15.7 Å². The molecule has 19 heavy (non-hydrogen) atoms. The van der Waals surface area contributed by atoms with Gasteiger partial charge in [0.2, 0.25) is 0 Å². The van der Waals surface area contributed by atoms with E-state index in [4.69, 9.17) is 28.3 Å². The second-order valence-corrected chi connectivity index (χ2v) is 4.83. The van der Waals surface area contributed by atoms with Gasteiger partial charge >= 0.3 is 12.0 Å². The molecule has 0 aliphatic carbocycles. The molecule has 1 aromatic carbocycles. The van der Waals surface area contributed by atoms with Crippen LogP contribution in [0.5, 0.6) is 0 Å². The van der Waals surface area contributed by atoms with Crippen LogP contribution in [0.1, 0.15) is 12.0 Å². The third-order valence-electron chi connectivity index (χ3n) is 2.52. The van der Waals surface area contributed by atoms with Gasteiger partial charge in [-0.1, -0.05) is 29.3 Å². The van der Waals surface area contributed by atoms with Gasteiger partial charge in [0, 0.05) is 13.6 Å². The van der Waals surface area contributed by atoms with Crippen LogP contribution in [0.15, 0.2) is 12.1 Å². The van der Waals surface area contributed by atoms with Gasteiger partial charge in [-0.25, -0.2) is 4.79 Å². The van der Waals surface area contributed by atoms with Crippen molar-refractivity contribution in [3.8, 4) is 0 Å². The monoisotopic (exact) mass is 304 g/mol. The molecular weight excluding hydrogens is 291 g/mol. The van der Waals surface area contributed by atoms with Crippen molar-refractivity contribution in [3.63, 3.8) is 0 Å². The fourth-order valence-electron chi connectivity index (χ4n) is 1.34. The van der Waals surface area contributed by atoms with Crippen molar-refractivity contribution in [2.75, 3.05) is 18.9 Å². The Balaban J connectivity index is 2.77. The Morgan fingerprint density at radius 3 is 2.58 bits per heavy atom. The third kappa shape index (κ3) is 4.29. The zero-order chi connectivity index (χ0) is 14.6. The molecular formula is C12H14Cl2N2O3. The number of carbonyl (C=O) groups excluding carboxylic acids is 1. The van der Waals surface area contributed by atoms with Crippen LogP contribution in [0.3, 0.4) is 0 Å². The van der Waals surface area contributed by atoms with Crippen LogP contribution < -0.4 is 5.32 Å². The number of rotatable bonds is 4. The lowest BCUT2D eigenvalue weighted by atomic mass is 10.2. The smallest absolute Gasteiger partial charge is 0.321 e. The van der Waals surface area contributed by atoms with Crippen molar-refractivity contribution >= 4 is 40.9 Å². The fraction of sp³-hybridized carbons (Fsp3) is 0.333. The minimum Gasteiger partial charge on any atom is -0.481 e. The van der Waals surface area contributed by atoms with E-state index in [0.717, 1.165) is 5.56 Å². The lowest BCUT2D eigenvalue weighted by molar-refractivity contribution is -0.137. The summed E-state index contributed by atoms with van der Waals surface area (Å²) in [5.74, 6) is -0.966.